The Kier molecular flexibility index (Phi) is 3.03. The molecule has 0 bridgehead atoms. The average Bonchev–Trinajstić information content (AvgIpc) is 2.74. The first-order chi connectivity index (χ1) is 7.84. The maximum absolute atomic E-state index is 3.51. The molecule has 2 heteroatoms. The summed E-state index contributed by atoms with van der Waals surface area (Å²) in [5.41, 5.74) is 1.51. The molecule has 2 aliphatic rings. The summed E-state index contributed by atoms with van der Waals surface area (Å²) in [4.78, 5) is 2.74. The van der Waals surface area contributed by atoms with Crippen molar-refractivity contribution in [1.29, 1.82) is 0 Å². The lowest BCUT2D eigenvalue weighted by atomic mass is 10.0. The Labute approximate surface area is 106 Å². The van der Waals surface area contributed by atoms with E-state index in [2.05, 4.69) is 45.1 Å². The summed E-state index contributed by atoms with van der Waals surface area (Å²) >= 11 is 3.51. The van der Waals surface area contributed by atoms with E-state index >= 15 is 0 Å². The van der Waals surface area contributed by atoms with Gasteiger partial charge in [-0.15, -0.1) is 0 Å². The molecule has 0 aliphatic carbocycles. The Morgan fingerprint density at radius 1 is 1.00 bits per heavy atom. The van der Waals surface area contributed by atoms with Crippen LogP contribution in [0.2, 0.25) is 0 Å². The van der Waals surface area contributed by atoms with Crippen LogP contribution < -0.4 is 0 Å². The quantitative estimate of drug-likeness (QED) is 0.747. The minimum Gasteiger partial charge on any atom is -0.293 e. The first-order valence-corrected chi connectivity index (χ1v) is 7.15. The van der Waals surface area contributed by atoms with Crippen molar-refractivity contribution in [3.8, 4) is 0 Å². The van der Waals surface area contributed by atoms with E-state index in [9.17, 15) is 0 Å². The molecule has 2 fully saturated rings. The van der Waals surface area contributed by atoms with E-state index in [1.807, 2.05) is 0 Å². The summed E-state index contributed by atoms with van der Waals surface area (Å²) in [6.07, 6.45) is 7.01. The molecule has 0 saturated carbocycles. The van der Waals surface area contributed by atoms with Crippen LogP contribution in [0.1, 0.15) is 43.7 Å². The van der Waals surface area contributed by atoms with Gasteiger partial charge in [-0.25, -0.2) is 0 Å². The largest absolute Gasteiger partial charge is 0.293 e. The van der Waals surface area contributed by atoms with Gasteiger partial charge in [0.15, 0.2) is 0 Å². The van der Waals surface area contributed by atoms with Gasteiger partial charge in [0.25, 0.3) is 0 Å². The van der Waals surface area contributed by atoms with Gasteiger partial charge in [-0.2, -0.15) is 0 Å². The van der Waals surface area contributed by atoms with E-state index in [-0.39, 0.29) is 0 Å². The van der Waals surface area contributed by atoms with Crippen molar-refractivity contribution in [2.24, 2.45) is 0 Å². The molecule has 0 amide bonds. The third kappa shape index (κ3) is 1.93. The molecule has 0 N–H and O–H groups in total. The standard InChI is InChI=1S/C14H18BrN/c15-12-6-4-11(5-7-12)14-9-8-13-3-1-2-10-16(13)14/h4-7,13-14H,1-3,8-10H2/t13-,14+/m1/s1. The predicted octanol–water partition coefficient (Wildman–Crippen LogP) is 4.14. The molecular weight excluding hydrogens is 262 g/mol. The SMILES string of the molecule is Brc1ccc([C@@H]2CC[C@H]3CCCCN32)cc1. The van der Waals surface area contributed by atoms with E-state index in [1.165, 1.54) is 48.7 Å². The monoisotopic (exact) mass is 279 g/mol. The third-order valence-corrected chi connectivity index (χ3v) is 4.63. The van der Waals surface area contributed by atoms with Gasteiger partial charge in [0.1, 0.15) is 0 Å². The zero-order chi connectivity index (χ0) is 11.0. The first-order valence-electron chi connectivity index (χ1n) is 6.36. The van der Waals surface area contributed by atoms with E-state index in [0.29, 0.717) is 6.04 Å². The Hall–Kier alpha value is -0.340. The number of hydrogen-bond donors (Lipinski definition) is 0. The van der Waals surface area contributed by atoms with E-state index < -0.39 is 0 Å². The average molecular weight is 280 g/mol. The van der Waals surface area contributed by atoms with Crippen LogP contribution in [0.3, 0.4) is 0 Å². The van der Waals surface area contributed by atoms with E-state index in [4.69, 9.17) is 0 Å². The van der Waals surface area contributed by atoms with Gasteiger partial charge in [-0.05, 0) is 49.9 Å². The van der Waals surface area contributed by atoms with Gasteiger partial charge in [0, 0.05) is 16.6 Å². The summed E-state index contributed by atoms with van der Waals surface area (Å²) < 4.78 is 1.18. The molecule has 2 saturated heterocycles. The number of benzene rings is 1. The van der Waals surface area contributed by atoms with Crippen LogP contribution in [0.25, 0.3) is 0 Å². The van der Waals surface area contributed by atoms with Crippen LogP contribution in [-0.2, 0) is 0 Å². The van der Waals surface area contributed by atoms with Crippen molar-refractivity contribution in [2.45, 2.75) is 44.2 Å². The molecule has 0 aromatic heterocycles. The molecule has 3 rings (SSSR count). The second kappa shape index (κ2) is 4.50. The van der Waals surface area contributed by atoms with Crippen LogP contribution in [0.5, 0.6) is 0 Å². The molecule has 0 radical (unpaired) electrons. The molecule has 0 spiro atoms. The second-order valence-electron chi connectivity index (χ2n) is 5.03. The lowest BCUT2D eigenvalue weighted by molar-refractivity contribution is 0.150. The van der Waals surface area contributed by atoms with Gasteiger partial charge in [-0.1, -0.05) is 34.5 Å². The van der Waals surface area contributed by atoms with Gasteiger partial charge >= 0.3 is 0 Å². The highest BCUT2D eigenvalue weighted by Gasteiger charge is 2.35. The fraction of sp³-hybridized carbons (Fsp3) is 0.571. The maximum Gasteiger partial charge on any atom is 0.0351 e. The summed E-state index contributed by atoms with van der Waals surface area (Å²) in [5.74, 6) is 0. The van der Waals surface area contributed by atoms with Gasteiger partial charge < -0.3 is 0 Å². The topological polar surface area (TPSA) is 3.24 Å². The second-order valence-corrected chi connectivity index (χ2v) is 5.95. The number of halogens is 1. The smallest absolute Gasteiger partial charge is 0.0351 e. The van der Waals surface area contributed by atoms with Gasteiger partial charge in [0.2, 0.25) is 0 Å². The molecule has 1 aromatic carbocycles. The molecule has 16 heavy (non-hydrogen) atoms. The fourth-order valence-corrected chi connectivity index (χ4v) is 3.57. The highest BCUT2D eigenvalue weighted by molar-refractivity contribution is 9.10. The van der Waals surface area contributed by atoms with Crippen molar-refractivity contribution >= 4 is 15.9 Å². The lowest BCUT2D eigenvalue weighted by Crippen LogP contribution is -2.35. The van der Waals surface area contributed by atoms with Crippen LogP contribution in [0, 0.1) is 0 Å². The maximum atomic E-state index is 3.51. The lowest BCUT2D eigenvalue weighted by Gasteiger charge is -2.34. The molecular formula is C14H18BrN. The minimum absolute atomic E-state index is 0.693. The highest BCUT2D eigenvalue weighted by atomic mass is 79.9. The Balaban J connectivity index is 1.82. The first kappa shape index (κ1) is 10.8. The minimum atomic E-state index is 0.693. The summed E-state index contributed by atoms with van der Waals surface area (Å²) in [6.45, 7) is 1.31. The fourth-order valence-electron chi connectivity index (χ4n) is 3.30. The summed E-state index contributed by atoms with van der Waals surface area (Å²) in [6, 6.07) is 10.5. The number of piperidine rings is 1. The van der Waals surface area contributed by atoms with Gasteiger partial charge in [0.05, 0.1) is 0 Å². The van der Waals surface area contributed by atoms with Crippen molar-refractivity contribution in [1.82, 2.24) is 4.90 Å². The molecule has 0 unspecified atom stereocenters. The van der Waals surface area contributed by atoms with E-state index in [0.717, 1.165) is 6.04 Å². The Morgan fingerprint density at radius 2 is 1.81 bits per heavy atom. The third-order valence-electron chi connectivity index (χ3n) is 4.10. The van der Waals surface area contributed by atoms with Crippen molar-refractivity contribution in [2.75, 3.05) is 6.54 Å². The zero-order valence-electron chi connectivity index (χ0n) is 9.53. The highest BCUT2D eigenvalue weighted by Crippen LogP contribution is 2.40. The summed E-state index contributed by atoms with van der Waals surface area (Å²) in [5, 5.41) is 0. The van der Waals surface area contributed by atoms with Crippen molar-refractivity contribution in [3.63, 3.8) is 0 Å². The normalized spacial score (nSPS) is 30.3. The van der Waals surface area contributed by atoms with Crippen molar-refractivity contribution in [3.05, 3.63) is 34.3 Å². The van der Waals surface area contributed by atoms with Gasteiger partial charge in [-0.3, -0.25) is 4.90 Å². The molecule has 1 nitrogen and oxygen atoms in total. The molecule has 2 heterocycles. The zero-order valence-corrected chi connectivity index (χ0v) is 11.1. The van der Waals surface area contributed by atoms with Crippen molar-refractivity contribution < 1.29 is 0 Å². The van der Waals surface area contributed by atoms with Crippen LogP contribution >= 0.6 is 15.9 Å². The number of rotatable bonds is 1. The molecule has 1 aromatic rings. The molecule has 2 aliphatic heterocycles. The number of fused-ring (bicyclic) bond motifs is 1. The molecule has 2 atom stereocenters. The molecule has 86 valence electrons. The van der Waals surface area contributed by atoms with Crippen LogP contribution in [0.4, 0.5) is 0 Å². The Bertz CT molecular complexity index is 360. The predicted molar refractivity (Wildman–Crippen MR) is 70.5 cm³/mol. The number of hydrogen-bond acceptors (Lipinski definition) is 1. The Morgan fingerprint density at radius 3 is 2.62 bits per heavy atom. The van der Waals surface area contributed by atoms with E-state index in [1.54, 1.807) is 0 Å². The number of nitrogens with zero attached hydrogens (tertiary/aromatic N) is 1. The summed E-state index contributed by atoms with van der Waals surface area (Å²) in [7, 11) is 0. The van der Waals surface area contributed by atoms with Crippen LogP contribution in [-0.4, -0.2) is 17.5 Å². The van der Waals surface area contributed by atoms with Crippen LogP contribution in [0.15, 0.2) is 28.7 Å².